The molecule has 2 atom stereocenters. The third-order valence-corrected chi connectivity index (χ3v) is 8.88. The number of aryl methyl sites for hydroxylation is 1. The Labute approximate surface area is 269 Å². The fraction of sp³-hybridized carbons (Fsp3) is 0.417. The maximum Gasteiger partial charge on any atom is 0.325 e. The highest BCUT2D eigenvalue weighted by Crippen LogP contribution is 2.48. The zero-order valence-electron chi connectivity index (χ0n) is 26.9. The Bertz CT molecular complexity index is 1670. The van der Waals surface area contributed by atoms with Crippen molar-refractivity contribution in [2.45, 2.75) is 69.4 Å². The Morgan fingerprint density at radius 1 is 0.913 bits per heavy atom. The van der Waals surface area contributed by atoms with Crippen molar-refractivity contribution in [1.29, 1.82) is 0 Å². The zero-order valence-corrected chi connectivity index (χ0v) is 26.9. The molecule has 1 fully saturated rings. The van der Waals surface area contributed by atoms with Crippen molar-refractivity contribution in [3.63, 3.8) is 0 Å². The molecule has 2 aliphatic rings. The standard InChI is InChI=1S/C36H42N4O6/c1-35(2,3)46-30(41)23-37-34(45)36(24-11-6-5-7-12-24)19-16-27(26-13-8-9-15-29(26)36)33(44)40-21-17-25(18-22-40)38-31(42)28-14-10-20-39(4)32(28)43/h5-15,20,25,27H,16-19,21-23H2,1-4H3,(H,37,45)(H,38,42)/t27-,36+/m0/s1. The minimum atomic E-state index is -1.09. The highest BCUT2D eigenvalue weighted by atomic mass is 16.6. The molecule has 2 aromatic carbocycles. The Balaban J connectivity index is 1.33. The molecule has 0 spiro atoms. The minimum absolute atomic E-state index is 0.00928. The molecule has 0 bridgehead atoms. The summed E-state index contributed by atoms with van der Waals surface area (Å²) in [6.07, 6.45) is 3.56. The van der Waals surface area contributed by atoms with Gasteiger partial charge in [0.2, 0.25) is 11.8 Å². The molecule has 1 saturated heterocycles. The Hall–Kier alpha value is -4.73. The van der Waals surface area contributed by atoms with Gasteiger partial charge in [-0.05, 0) is 75.3 Å². The van der Waals surface area contributed by atoms with Crippen molar-refractivity contribution < 1.29 is 23.9 Å². The van der Waals surface area contributed by atoms with Crippen LogP contribution in [-0.4, -0.2) is 64.4 Å². The van der Waals surface area contributed by atoms with Gasteiger partial charge < -0.3 is 24.8 Å². The molecule has 0 saturated carbocycles. The first-order chi connectivity index (χ1) is 21.9. The van der Waals surface area contributed by atoms with Crippen LogP contribution < -0.4 is 16.2 Å². The van der Waals surface area contributed by atoms with Crippen LogP contribution in [0.15, 0.2) is 77.7 Å². The van der Waals surface area contributed by atoms with Gasteiger partial charge in [0.25, 0.3) is 11.5 Å². The van der Waals surface area contributed by atoms with E-state index in [4.69, 9.17) is 4.74 Å². The van der Waals surface area contributed by atoms with Crippen LogP contribution in [0.1, 0.15) is 79.4 Å². The molecule has 1 aromatic heterocycles. The lowest BCUT2D eigenvalue weighted by Crippen LogP contribution is -2.52. The van der Waals surface area contributed by atoms with Gasteiger partial charge in [-0.3, -0.25) is 24.0 Å². The van der Waals surface area contributed by atoms with E-state index in [1.54, 1.807) is 40.1 Å². The van der Waals surface area contributed by atoms with Gasteiger partial charge in [-0.15, -0.1) is 0 Å². The van der Waals surface area contributed by atoms with E-state index < -0.39 is 28.8 Å². The summed E-state index contributed by atoms with van der Waals surface area (Å²) in [4.78, 5) is 67.7. The summed E-state index contributed by atoms with van der Waals surface area (Å²) < 4.78 is 6.79. The number of esters is 1. The second-order valence-electron chi connectivity index (χ2n) is 13.1. The maximum absolute atomic E-state index is 14.1. The Morgan fingerprint density at radius 2 is 1.59 bits per heavy atom. The molecular formula is C36H42N4O6. The van der Waals surface area contributed by atoms with E-state index >= 15 is 0 Å². The molecule has 0 radical (unpaired) electrons. The molecule has 2 N–H and O–H groups in total. The fourth-order valence-corrected chi connectivity index (χ4v) is 6.67. The van der Waals surface area contributed by atoms with E-state index in [0.717, 1.165) is 16.7 Å². The van der Waals surface area contributed by atoms with E-state index in [1.807, 2.05) is 59.5 Å². The minimum Gasteiger partial charge on any atom is -0.459 e. The molecule has 10 heteroatoms. The van der Waals surface area contributed by atoms with E-state index in [0.29, 0.717) is 38.8 Å². The van der Waals surface area contributed by atoms with Gasteiger partial charge in [0, 0.05) is 32.4 Å². The van der Waals surface area contributed by atoms with E-state index in [9.17, 15) is 24.0 Å². The SMILES string of the molecule is Cn1cccc(C(=O)NC2CCN(C(=O)[C@H]3CC[C@@](C(=O)NCC(=O)OC(C)(C)C)(c4ccccc4)c4ccccc43)CC2)c1=O. The van der Waals surface area contributed by atoms with Gasteiger partial charge in [0.15, 0.2) is 0 Å². The second kappa shape index (κ2) is 13.3. The number of hydrogen-bond donors (Lipinski definition) is 2. The molecular weight excluding hydrogens is 584 g/mol. The topological polar surface area (TPSA) is 127 Å². The lowest BCUT2D eigenvalue weighted by atomic mass is 9.62. The zero-order chi connectivity index (χ0) is 33.1. The molecule has 46 heavy (non-hydrogen) atoms. The van der Waals surface area contributed by atoms with Crippen molar-refractivity contribution in [2.75, 3.05) is 19.6 Å². The number of ether oxygens (including phenoxy) is 1. The number of pyridine rings is 1. The highest BCUT2D eigenvalue weighted by molar-refractivity contribution is 5.96. The van der Waals surface area contributed by atoms with E-state index in [-0.39, 0.29) is 35.5 Å². The largest absolute Gasteiger partial charge is 0.459 e. The van der Waals surface area contributed by atoms with Gasteiger partial charge >= 0.3 is 5.97 Å². The molecule has 242 valence electrons. The molecule has 10 nitrogen and oxygen atoms in total. The normalized spacial score (nSPS) is 19.9. The molecule has 5 rings (SSSR count). The summed E-state index contributed by atoms with van der Waals surface area (Å²) in [5, 5.41) is 5.80. The average Bonchev–Trinajstić information content (AvgIpc) is 3.04. The predicted molar refractivity (Wildman–Crippen MR) is 173 cm³/mol. The van der Waals surface area contributed by atoms with Crippen LogP contribution in [0.4, 0.5) is 0 Å². The molecule has 1 aliphatic heterocycles. The van der Waals surface area contributed by atoms with Gasteiger partial charge in [-0.1, -0.05) is 54.6 Å². The smallest absolute Gasteiger partial charge is 0.325 e. The molecule has 2 heterocycles. The summed E-state index contributed by atoms with van der Waals surface area (Å²) in [5.41, 5.74) is 0.310. The van der Waals surface area contributed by atoms with Crippen molar-refractivity contribution >= 4 is 23.7 Å². The van der Waals surface area contributed by atoms with Gasteiger partial charge in [-0.25, -0.2) is 0 Å². The number of piperidine rings is 1. The van der Waals surface area contributed by atoms with Crippen LogP contribution in [-0.2, 0) is 31.6 Å². The second-order valence-corrected chi connectivity index (χ2v) is 13.1. The van der Waals surface area contributed by atoms with Crippen molar-refractivity contribution in [2.24, 2.45) is 7.05 Å². The first-order valence-electron chi connectivity index (χ1n) is 15.8. The summed E-state index contributed by atoms with van der Waals surface area (Å²) in [6, 6.07) is 20.1. The van der Waals surface area contributed by atoms with Crippen molar-refractivity contribution in [3.8, 4) is 0 Å². The van der Waals surface area contributed by atoms with E-state index in [1.165, 1.54) is 10.6 Å². The summed E-state index contributed by atoms with van der Waals surface area (Å²) >= 11 is 0. The van der Waals surface area contributed by atoms with Crippen LogP contribution in [0.2, 0.25) is 0 Å². The quantitative estimate of drug-likeness (QED) is 0.387. The molecule has 3 amide bonds. The maximum atomic E-state index is 14.1. The van der Waals surface area contributed by atoms with Crippen LogP contribution >= 0.6 is 0 Å². The molecule has 0 unspecified atom stereocenters. The number of rotatable bonds is 7. The molecule has 1 aliphatic carbocycles. The van der Waals surface area contributed by atoms with Crippen LogP contribution in [0.3, 0.4) is 0 Å². The Morgan fingerprint density at radius 3 is 2.28 bits per heavy atom. The average molecular weight is 627 g/mol. The van der Waals surface area contributed by atoms with Gasteiger partial charge in [0.1, 0.15) is 17.7 Å². The number of carbonyl (C=O) groups excluding carboxylic acids is 4. The first kappa shape index (κ1) is 32.7. The Kier molecular flexibility index (Phi) is 9.46. The number of nitrogens with zero attached hydrogens (tertiary/aromatic N) is 2. The molecule has 3 aromatic rings. The van der Waals surface area contributed by atoms with Gasteiger partial charge in [0.05, 0.1) is 11.3 Å². The van der Waals surface area contributed by atoms with Crippen LogP contribution in [0, 0.1) is 0 Å². The third kappa shape index (κ3) is 6.76. The summed E-state index contributed by atoms with van der Waals surface area (Å²) in [7, 11) is 1.60. The van der Waals surface area contributed by atoms with Crippen LogP contribution in [0.5, 0.6) is 0 Å². The monoisotopic (exact) mass is 626 g/mol. The number of benzene rings is 2. The van der Waals surface area contributed by atoms with Crippen molar-refractivity contribution in [3.05, 3.63) is 106 Å². The highest BCUT2D eigenvalue weighted by Gasteiger charge is 2.49. The summed E-state index contributed by atoms with van der Waals surface area (Å²) in [5.74, 6) is -1.69. The lowest BCUT2D eigenvalue weighted by molar-refractivity contribution is -0.154. The van der Waals surface area contributed by atoms with Crippen molar-refractivity contribution in [1.82, 2.24) is 20.1 Å². The number of nitrogens with one attached hydrogen (secondary N) is 2. The number of fused-ring (bicyclic) bond motifs is 1. The number of aromatic nitrogens is 1. The van der Waals surface area contributed by atoms with Gasteiger partial charge in [-0.2, -0.15) is 0 Å². The third-order valence-electron chi connectivity index (χ3n) is 8.88. The van der Waals surface area contributed by atoms with Crippen LogP contribution in [0.25, 0.3) is 0 Å². The first-order valence-corrected chi connectivity index (χ1v) is 15.8. The summed E-state index contributed by atoms with van der Waals surface area (Å²) in [6.45, 7) is 6.00. The predicted octanol–water partition coefficient (Wildman–Crippen LogP) is 3.43. The number of hydrogen-bond acceptors (Lipinski definition) is 6. The fourth-order valence-electron chi connectivity index (χ4n) is 6.67. The number of likely N-dealkylation sites (tertiary alicyclic amines) is 1. The number of amides is 3. The number of carbonyl (C=O) groups is 4. The lowest BCUT2D eigenvalue weighted by Gasteiger charge is -2.42. The van der Waals surface area contributed by atoms with E-state index in [2.05, 4.69) is 10.6 Å².